The van der Waals surface area contributed by atoms with Crippen molar-refractivity contribution in [2.45, 2.75) is 25.8 Å². The van der Waals surface area contributed by atoms with E-state index >= 15 is 0 Å². The van der Waals surface area contributed by atoms with Gasteiger partial charge >= 0.3 is 0 Å². The van der Waals surface area contributed by atoms with Crippen LogP contribution in [0.4, 0.5) is 0 Å². The number of hydrogen-bond donors (Lipinski definition) is 0. The van der Waals surface area contributed by atoms with Crippen molar-refractivity contribution in [3.05, 3.63) is 35.9 Å². The zero-order valence-corrected chi connectivity index (χ0v) is 10.5. The molecule has 15 heavy (non-hydrogen) atoms. The second kappa shape index (κ2) is 4.01. The summed E-state index contributed by atoms with van der Waals surface area (Å²) in [6.45, 7) is 4.63. The van der Waals surface area contributed by atoms with Gasteiger partial charge < -0.3 is 0 Å². The monoisotopic (exact) mass is 220 g/mol. The zero-order chi connectivity index (χ0) is 10.9. The van der Waals surface area contributed by atoms with Crippen LogP contribution >= 0.6 is 11.8 Å². The Morgan fingerprint density at radius 1 is 1.20 bits per heavy atom. The first-order valence-corrected chi connectivity index (χ1v) is 6.39. The molecule has 0 aromatic heterocycles. The number of hydrogen-bond acceptors (Lipinski definition) is 1. The standard InChI is InChI=1S/C13H18NS/c1-13(2)9-10-15-12(14(13)3)11-7-5-4-6-8-11/h4-8H,9-10H2,1-3H3/q+1. The Morgan fingerprint density at radius 2 is 1.87 bits per heavy atom. The summed E-state index contributed by atoms with van der Waals surface area (Å²) in [5, 5.41) is 1.41. The molecule has 0 radical (unpaired) electrons. The van der Waals surface area contributed by atoms with Crippen molar-refractivity contribution in [1.29, 1.82) is 0 Å². The van der Waals surface area contributed by atoms with Crippen molar-refractivity contribution < 1.29 is 4.58 Å². The fourth-order valence-electron chi connectivity index (χ4n) is 1.79. The lowest BCUT2D eigenvalue weighted by atomic mass is 10.0. The van der Waals surface area contributed by atoms with E-state index in [9.17, 15) is 0 Å². The van der Waals surface area contributed by atoms with Crippen molar-refractivity contribution in [2.24, 2.45) is 0 Å². The second-order valence-corrected chi connectivity index (χ2v) is 5.72. The van der Waals surface area contributed by atoms with Crippen LogP contribution in [0.25, 0.3) is 0 Å². The van der Waals surface area contributed by atoms with Gasteiger partial charge in [-0.3, -0.25) is 0 Å². The highest BCUT2D eigenvalue weighted by molar-refractivity contribution is 8.14. The van der Waals surface area contributed by atoms with Crippen molar-refractivity contribution in [3.8, 4) is 0 Å². The van der Waals surface area contributed by atoms with Crippen molar-refractivity contribution in [2.75, 3.05) is 12.8 Å². The van der Waals surface area contributed by atoms with Crippen LogP contribution in [0.1, 0.15) is 25.8 Å². The topological polar surface area (TPSA) is 3.01 Å². The summed E-state index contributed by atoms with van der Waals surface area (Å²) >= 11 is 1.97. The average Bonchev–Trinajstić information content (AvgIpc) is 2.23. The maximum Gasteiger partial charge on any atom is 0.242 e. The zero-order valence-electron chi connectivity index (χ0n) is 9.66. The highest BCUT2D eigenvalue weighted by atomic mass is 32.2. The Morgan fingerprint density at radius 3 is 2.53 bits per heavy atom. The van der Waals surface area contributed by atoms with Gasteiger partial charge in [0.1, 0.15) is 7.05 Å². The van der Waals surface area contributed by atoms with E-state index in [-0.39, 0.29) is 5.54 Å². The third kappa shape index (κ3) is 2.10. The Hall–Kier alpha value is -0.760. The minimum absolute atomic E-state index is 0.288. The Labute approximate surface area is 96.2 Å². The maximum absolute atomic E-state index is 2.41. The number of thioether (sulfide) groups is 1. The molecule has 1 aromatic carbocycles. The lowest BCUT2D eigenvalue weighted by Gasteiger charge is -2.26. The summed E-state index contributed by atoms with van der Waals surface area (Å²) in [7, 11) is 2.20. The van der Waals surface area contributed by atoms with Crippen molar-refractivity contribution in [1.82, 2.24) is 0 Å². The van der Waals surface area contributed by atoms with Crippen LogP contribution in [0.15, 0.2) is 30.3 Å². The molecule has 0 spiro atoms. The third-order valence-corrected chi connectivity index (χ3v) is 4.38. The molecular formula is C13H18NS+. The normalized spacial score (nSPS) is 20.5. The van der Waals surface area contributed by atoms with Gasteiger partial charge in [-0.05, 0) is 26.0 Å². The van der Waals surface area contributed by atoms with Crippen LogP contribution in [-0.4, -0.2) is 28.0 Å². The number of benzene rings is 1. The molecule has 0 fully saturated rings. The van der Waals surface area contributed by atoms with Gasteiger partial charge in [-0.1, -0.05) is 30.0 Å². The van der Waals surface area contributed by atoms with Crippen molar-refractivity contribution in [3.63, 3.8) is 0 Å². The molecule has 1 aliphatic rings. The lowest BCUT2D eigenvalue weighted by molar-refractivity contribution is -0.573. The molecule has 0 saturated heterocycles. The van der Waals surface area contributed by atoms with E-state index in [1.54, 1.807) is 0 Å². The molecule has 1 aliphatic heterocycles. The van der Waals surface area contributed by atoms with Crippen LogP contribution in [0.5, 0.6) is 0 Å². The Bertz CT molecular complexity index is 379. The molecule has 0 amide bonds. The summed E-state index contributed by atoms with van der Waals surface area (Å²) in [6.07, 6.45) is 1.25. The van der Waals surface area contributed by atoms with Crippen LogP contribution < -0.4 is 0 Å². The maximum atomic E-state index is 2.41. The number of nitrogens with zero attached hydrogens (tertiary/aromatic N) is 1. The highest BCUT2D eigenvalue weighted by Gasteiger charge is 2.35. The quantitative estimate of drug-likeness (QED) is 0.658. The number of rotatable bonds is 1. The van der Waals surface area contributed by atoms with E-state index in [2.05, 4.69) is 55.8 Å². The summed E-state index contributed by atoms with van der Waals surface area (Å²) in [5.74, 6) is 1.22. The molecule has 0 saturated carbocycles. The van der Waals surface area contributed by atoms with Gasteiger partial charge in [0.15, 0.2) is 5.54 Å². The molecule has 2 rings (SSSR count). The second-order valence-electron chi connectivity index (χ2n) is 4.64. The van der Waals surface area contributed by atoms with Crippen LogP contribution in [0.2, 0.25) is 0 Å². The Kier molecular flexibility index (Phi) is 2.87. The predicted octanol–water partition coefficient (Wildman–Crippen LogP) is 2.99. The van der Waals surface area contributed by atoms with E-state index in [1.165, 1.54) is 22.8 Å². The largest absolute Gasteiger partial charge is 0.242 e. The molecule has 1 nitrogen and oxygen atoms in total. The first-order valence-electron chi connectivity index (χ1n) is 5.40. The lowest BCUT2D eigenvalue weighted by Crippen LogP contribution is -2.41. The first-order chi connectivity index (χ1) is 7.11. The van der Waals surface area contributed by atoms with E-state index in [4.69, 9.17) is 0 Å². The summed E-state index contributed by atoms with van der Waals surface area (Å²) < 4.78 is 2.41. The fraction of sp³-hybridized carbons (Fsp3) is 0.462. The predicted molar refractivity (Wildman–Crippen MR) is 67.9 cm³/mol. The summed E-state index contributed by atoms with van der Waals surface area (Å²) in [5.41, 5.74) is 1.63. The van der Waals surface area contributed by atoms with E-state index in [0.29, 0.717) is 0 Å². The smallest absolute Gasteiger partial charge is 0.222 e. The molecule has 0 unspecified atom stereocenters. The van der Waals surface area contributed by atoms with Crippen LogP contribution in [0.3, 0.4) is 0 Å². The Balaban J connectivity index is 2.45. The van der Waals surface area contributed by atoms with E-state index < -0.39 is 0 Å². The minimum atomic E-state index is 0.288. The molecular weight excluding hydrogens is 202 g/mol. The van der Waals surface area contributed by atoms with E-state index in [1.807, 2.05) is 11.8 Å². The summed E-state index contributed by atoms with van der Waals surface area (Å²) in [6, 6.07) is 10.7. The molecule has 1 aromatic rings. The molecule has 0 aliphatic carbocycles. The van der Waals surface area contributed by atoms with Crippen molar-refractivity contribution >= 4 is 16.8 Å². The molecule has 2 heteroatoms. The molecule has 0 N–H and O–H groups in total. The van der Waals surface area contributed by atoms with Gasteiger partial charge in [-0.15, -0.1) is 0 Å². The highest BCUT2D eigenvalue weighted by Crippen LogP contribution is 2.27. The third-order valence-electron chi connectivity index (χ3n) is 3.19. The molecule has 0 bridgehead atoms. The fourth-order valence-corrected chi connectivity index (χ4v) is 3.33. The molecule has 0 atom stereocenters. The van der Waals surface area contributed by atoms with E-state index in [0.717, 1.165) is 0 Å². The van der Waals surface area contributed by atoms with Gasteiger partial charge in [0.2, 0.25) is 5.04 Å². The van der Waals surface area contributed by atoms with Gasteiger partial charge in [0, 0.05) is 12.2 Å². The first kappa shape index (κ1) is 10.7. The average molecular weight is 220 g/mol. The SMILES string of the molecule is C[N+]1=C(c2ccccc2)SCCC1(C)C. The molecule has 80 valence electrons. The van der Waals surface area contributed by atoms with Gasteiger partial charge in [0.25, 0.3) is 0 Å². The van der Waals surface area contributed by atoms with Gasteiger partial charge in [-0.25, -0.2) is 4.58 Å². The summed E-state index contributed by atoms with van der Waals surface area (Å²) in [4.78, 5) is 0. The van der Waals surface area contributed by atoms with Gasteiger partial charge in [-0.2, -0.15) is 0 Å². The van der Waals surface area contributed by atoms with Crippen LogP contribution in [0, 0.1) is 0 Å². The molecule has 1 heterocycles. The van der Waals surface area contributed by atoms with Crippen LogP contribution in [-0.2, 0) is 0 Å². The van der Waals surface area contributed by atoms with Gasteiger partial charge in [0.05, 0.1) is 5.56 Å². The minimum Gasteiger partial charge on any atom is -0.222 e.